The molecule has 0 aliphatic heterocycles. The summed E-state index contributed by atoms with van der Waals surface area (Å²) in [5, 5.41) is 2.97. The Morgan fingerprint density at radius 1 is 1.11 bits per heavy atom. The molecule has 94 valence electrons. The Bertz CT molecular complexity index is 552. The minimum Gasteiger partial charge on any atom is -0.438 e. The fourth-order valence-corrected chi connectivity index (χ4v) is 2.19. The molecule has 18 heavy (non-hydrogen) atoms. The summed E-state index contributed by atoms with van der Waals surface area (Å²) in [4.78, 5) is 8.21. The van der Waals surface area contributed by atoms with Crippen LogP contribution in [0.2, 0.25) is 0 Å². The van der Waals surface area contributed by atoms with Crippen molar-refractivity contribution in [3.05, 3.63) is 40.1 Å². The first-order valence-corrected chi connectivity index (χ1v) is 6.34. The lowest BCUT2D eigenvalue weighted by atomic mass is 10.1. The van der Waals surface area contributed by atoms with Gasteiger partial charge in [0.05, 0.1) is 0 Å². The molecule has 0 spiro atoms. The molecule has 5 heteroatoms. The number of hydrogen-bond acceptors (Lipinski definition) is 4. The van der Waals surface area contributed by atoms with Crippen molar-refractivity contribution in [1.29, 1.82) is 0 Å². The first-order valence-electron chi connectivity index (χ1n) is 5.54. The molecular weight excluding hydrogens is 294 g/mol. The monoisotopic (exact) mass is 307 g/mol. The third-order valence-electron chi connectivity index (χ3n) is 2.40. The van der Waals surface area contributed by atoms with E-state index in [1.165, 1.54) is 6.33 Å². The molecule has 0 aliphatic carbocycles. The van der Waals surface area contributed by atoms with Gasteiger partial charge in [0.15, 0.2) is 0 Å². The summed E-state index contributed by atoms with van der Waals surface area (Å²) in [6, 6.07) is 6.04. The smallest absolute Gasteiger partial charge is 0.238 e. The van der Waals surface area contributed by atoms with E-state index in [2.05, 4.69) is 37.3 Å². The second kappa shape index (κ2) is 5.35. The number of halogens is 1. The minimum atomic E-state index is 0.499. The normalized spacial score (nSPS) is 10.2. The highest BCUT2D eigenvalue weighted by Gasteiger charge is 2.10. The van der Waals surface area contributed by atoms with Gasteiger partial charge in [0.1, 0.15) is 22.4 Å². The van der Waals surface area contributed by atoms with Gasteiger partial charge in [-0.25, -0.2) is 9.97 Å². The molecule has 0 unspecified atom stereocenters. The highest BCUT2D eigenvalue weighted by Crippen LogP contribution is 2.32. The SMILES string of the molecule is CNc1ncnc(Oc2cc(C)cc(C)c2)c1Br. The molecule has 1 aromatic carbocycles. The van der Waals surface area contributed by atoms with Crippen molar-refractivity contribution < 1.29 is 4.74 Å². The molecule has 4 nitrogen and oxygen atoms in total. The maximum Gasteiger partial charge on any atom is 0.238 e. The zero-order chi connectivity index (χ0) is 13.1. The number of benzene rings is 1. The summed E-state index contributed by atoms with van der Waals surface area (Å²) in [6.07, 6.45) is 1.47. The largest absolute Gasteiger partial charge is 0.438 e. The lowest BCUT2D eigenvalue weighted by Crippen LogP contribution is -1.98. The van der Waals surface area contributed by atoms with E-state index in [9.17, 15) is 0 Å². The fraction of sp³-hybridized carbons (Fsp3) is 0.231. The van der Waals surface area contributed by atoms with Gasteiger partial charge in [-0.3, -0.25) is 0 Å². The molecule has 0 radical (unpaired) electrons. The van der Waals surface area contributed by atoms with E-state index >= 15 is 0 Å². The van der Waals surface area contributed by atoms with Crippen molar-refractivity contribution in [2.24, 2.45) is 0 Å². The number of aryl methyl sites for hydroxylation is 2. The Morgan fingerprint density at radius 2 is 1.78 bits per heavy atom. The Hall–Kier alpha value is -1.62. The van der Waals surface area contributed by atoms with Gasteiger partial charge in [-0.1, -0.05) is 6.07 Å². The maximum atomic E-state index is 5.78. The molecule has 1 aromatic heterocycles. The standard InChI is InChI=1S/C13H14BrN3O/c1-8-4-9(2)6-10(5-8)18-13-11(14)12(15-3)16-7-17-13/h4-7H,1-3H3,(H,15,16,17). The zero-order valence-corrected chi connectivity index (χ0v) is 12.1. The number of nitrogens with zero attached hydrogens (tertiary/aromatic N) is 2. The third-order valence-corrected chi connectivity index (χ3v) is 3.12. The van der Waals surface area contributed by atoms with Crippen molar-refractivity contribution >= 4 is 21.7 Å². The van der Waals surface area contributed by atoms with Crippen LogP contribution in [0.3, 0.4) is 0 Å². The lowest BCUT2D eigenvalue weighted by molar-refractivity contribution is 0.458. The van der Waals surface area contributed by atoms with Gasteiger partial charge < -0.3 is 10.1 Å². The van der Waals surface area contributed by atoms with E-state index < -0.39 is 0 Å². The molecule has 2 rings (SSSR count). The van der Waals surface area contributed by atoms with Gasteiger partial charge in [0, 0.05) is 7.05 Å². The zero-order valence-electron chi connectivity index (χ0n) is 10.5. The van der Waals surface area contributed by atoms with Crippen LogP contribution in [0.4, 0.5) is 5.82 Å². The molecule has 0 saturated carbocycles. The van der Waals surface area contributed by atoms with Crippen LogP contribution in [0.5, 0.6) is 11.6 Å². The maximum absolute atomic E-state index is 5.78. The Balaban J connectivity index is 2.34. The van der Waals surface area contributed by atoms with Crippen molar-refractivity contribution in [3.8, 4) is 11.6 Å². The highest BCUT2D eigenvalue weighted by atomic mass is 79.9. The number of ether oxygens (including phenoxy) is 1. The molecule has 0 fully saturated rings. The topological polar surface area (TPSA) is 47.0 Å². The molecule has 0 aliphatic rings. The summed E-state index contributed by atoms with van der Waals surface area (Å²) >= 11 is 3.42. The number of rotatable bonds is 3. The van der Waals surface area contributed by atoms with Gasteiger partial charge >= 0.3 is 0 Å². The summed E-state index contributed by atoms with van der Waals surface area (Å²) < 4.78 is 6.49. The van der Waals surface area contributed by atoms with Gasteiger partial charge in [0.25, 0.3) is 0 Å². The molecule has 0 bridgehead atoms. The molecule has 1 N–H and O–H groups in total. The van der Waals surface area contributed by atoms with Crippen molar-refractivity contribution in [2.75, 3.05) is 12.4 Å². The predicted octanol–water partition coefficient (Wildman–Crippen LogP) is 3.69. The third kappa shape index (κ3) is 2.79. The Kier molecular flexibility index (Phi) is 3.81. The van der Waals surface area contributed by atoms with E-state index in [4.69, 9.17) is 4.74 Å². The van der Waals surface area contributed by atoms with E-state index in [1.807, 2.05) is 26.0 Å². The summed E-state index contributed by atoms with van der Waals surface area (Å²) in [7, 11) is 1.80. The van der Waals surface area contributed by atoms with Gasteiger partial charge in [0.2, 0.25) is 5.88 Å². The summed E-state index contributed by atoms with van der Waals surface area (Å²) in [6.45, 7) is 4.07. The summed E-state index contributed by atoms with van der Waals surface area (Å²) in [5.74, 6) is 1.97. The summed E-state index contributed by atoms with van der Waals surface area (Å²) in [5.41, 5.74) is 2.31. The average Bonchev–Trinajstić information content (AvgIpc) is 2.30. The fourth-order valence-electron chi connectivity index (χ4n) is 1.70. The first kappa shape index (κ1) is 12.8. The van der Waals surface area contributed by atoms with Crippen LogP contribution in [0, 0.1) is 13.8 Å². The average molecular weight is 308 g/mol. The van der Waals surface area contributed by atoms with Gasteiger partial charge in [-0.05, 0) is 53.0 Å². The van der Waals surface area contributed by atoms with Crippen LogP contribution in [-0.2, 0) is 0 Å². The van der Waals surface area contributed by atoms with Crippen LogP contribution in [0.15, 0.2) is 29.0 Å². The Labute approximate surface area is 115 Å². The van der Waals surface area contributed by atoms with Crippen LogP contribution >= 0.6 is 15.9 Å². The van der Waals surface area contributed by atoms with Crippen LogP contribution in [-0.4, -0.2) is 17.0 Å². The number of anilines is 1. The Morgan fingerprint density at radius 3 is 2.39 bits per heavy atom. The van der Waals surface area contributed by atoms with E-state index in [0.717, 1.165) is 16.9 Å². The molecule has 0 saturated heterocycles. The van der Waals surface area contributed by atoms with Crippen LogP contribution in [0.1, 0.15) is 11.1 Å². The van der Waals surface area contributed by atoms with E-state index in [-0.39, 0.29) is 0 Å². The molecule has 0 amide bonds. The van der Waals surface area contributed by atoms with Gasteiger partial charge in [-0.2, -0.15) is 0 Å². The second-order valence-corrected chi connectivity index (χ2v) is 4.81. The minimum absolute atomic E-state index is 0.499. The molecule has 0 atom stereocenters. The van der Waals surface area contributed by atoms with Crippen molar-refractivity contribution in [2.45, 2.75) is 13.8 Å². The molecule has 2 aromatic rings. The van der Waals surface area contributed by atoms with Crippen molar-refractivity contribution in [1.82, 2.24) is 9.97 Å². The van der Waals surface area contributed by atoms with Gasteiger partial charge in [-0.15, -0.1) is 0 Å². The van der Waals surface area contributed by atoms with Crippen LogP contribution < -0.4 is 10.1 Å². The van der Waals surface area contributed by atoms with Crippen LogP contribution in [0.25, 0.3) is 0 Å². The number of hydrogen-bond donors (Lipinski definition) is 1. The quantitative estimate of drug-likeness (QED) is 0.939. The van der Waals surface area contributed by atoms with Crippen molar-refractivity contribution in [3.63, 3.8) is 0 Å². The predicted molar refractivity (Wildman–Crippen MR) is 75.3 cm³/mol. The lowest BCUT2D eigenvalue weighted by Gasteiger charge is -2.10. The molecule has 1 heterocycles. The second-order valence-electron chi connectivity index (χ2n) is 4.02. The molecular formula is C13H14BrN3O. The highest BCUT2D eigenvalue weighted by molar-refractivity contribution is 9.10. The van der Waals surface area contributed by atoms with E-state index in [0.29, 0.717) is 16.2 Å². The van der Waals surface area contributed by atoms with E-state index in [1.54, 1.807) is 7.05 Å². The first-order chi connectivity index (χ1) is 8.60. The number of nitrogens with one attached hydrogen (secondary N) is 1. The number of aromatic nitrogens is 2.